The van der Waals surface area contributed by atoms with Gasteiger partial charge in [-0.2, -0.15) is 0 Å². The summed E-state index contributed by atoms with van der Waals surface area (Å²) >= 11 is 0. The first-order chi connectivity index (χ1) is 9.98. The monoisotopic (exact) mass is 291 g/mol. The fraction of sp³-hybridized carbons (Fsp3) is 0.562. The van der Waals surface area contributed by atoms with Gasteiger partial charge >= 0.3 is 5.97 Å². The van der Waals surface area contributed by atoms with E-state index in [9.17, 15) is 9.90 Å². The predicted molar refractivity (Wildman–Crippen MR) is 79.3 cm³/mol. The molecule has 0 saturated carbocycles. The highest BCUT2D eigenvalue weighted by Crippen LogP contribution is 2.39. The van der Waals surface area contributed by atoms with Crippen molar-refractivity contribution in [2.24, 2.45) is 0 Å². The van der Waals surface area contributed by atoms with Crippen LogP contribution in [0.1, 0.15) is 37.0 Å². The lowest BCUT2D eigenvalue weighted by molar-refractivity contribution is -0.0594. The smallest absolute Gasteiger partial charge is 0.339 e. The number of hydrogen-bond donors (Lipinski definition) is 1. The number of fused-ring (bicyclic) bond motifs is 1. The first kappa shape index (κ1) is 14.2. The number of carboxylic acids is 1. The number of aromatic carboxylic acids is 1. The van der Waals surface area contributed by atoms with E-state index in [0.29, 0.717) is 18.4 Å². The van der Waals surface area contributed by atoms with E-state index in [1.807, 2.05) is 6.07 Å². The van der Waals surface area contributed by atoms with Gasteiger partial charge in [-0.1, -0.05) is 6.07 Å². The van der Waals surface area contributed by atoms with E-state index in [4.69, 9.17) is 9.47 Å². The van der Waals surface area contributed by atoms with Crippen molar-refractivity contribution in [3.63, 3.8) is 0 Å². The molecule has 0 aliphatic carbocycles. The van der Waals surface area contributed by atoms with E-state index in [1.54, 1.807) is 12.1 Å². The molecule has 0 aromatic heterocycles. The van der Waals surface area contributed by atoms with Crippen LogP contribution in [0.2, 0.25) is 0 Å². The lowest BCUT2D eigenvalue weighted by Crippen LogP contribution is -2.49. The zero-order valence-electron chi connectivity index (χ0n) is 12.5. The second-order valence-corrected chi connectivity index (χ2v) is 6.26. The quantitative estimate of drug-likeness (QED) is 0.907. The molecule has 1 aromatic rings. The number of nitrogens with zero attached hydrogens (tertiary/aromatic N) is 1. The van der Waals surface area contributed by atoms with Crippen LogP contribution in [0.5, 0.6) is 5.75 Å². The Morgan fingerprint density at radius 1 is 1.38 bits per heavy atom. The third-order valence-corrected chi connectivity index (χ3v) is 4.22. The molecule has 1 unspecified atom stereocenters. The van der Waals surface area contributed by atoms with Gasteiger partial charge in [0.1, 0.15) is 12.2 Å². The van der Waals surface area contributed by atoms with E-state index in [1.165, 1.54) is 0 Å². The molecular weight excluding hydrogens is 270 g/mol. The fourth-order valence-electron chi connectivity index (χ4n) is 3.28. The van der Waals surface area contributed by atoms with Crippen molar-refractivity contribution >= 4 is 11.7 Å². The van der Waals surface area contributed by atoms with Gasteiger partial charge in [-0.25, -0.2) is 4.79 Å². The Labute approximate surface area is 124 Å². The lowest BCUT2D eigenvalue weighted by Gasteiger charge is -2.44. The van der Waals surface area contributed by atoms with E-state index in [0.717, 1.165) is 31.7 Å². The first-order valence-corrected chi connectivity index (χ1v) is 7.38. The van der Waals surface area contributed by atoms with Crippen LogP contribution in [0, 0.1) is 0 Å². The summed E-state index contributed by atoms with van der Waals surface area (Å²) in [6, 6.07) is 5.69. The maximum atomic E-state index is 11.3. The second kappa shape index (κ2) is 5.22. The molecule has 1 N–H and O–H groups in total. The highest BCUT2D eigenvalue weighted by molar-refractivity contribution is 5.93. The van der Waals surface area contributed by atoms with Gasteiger partial charge in [-0.3, -0.25) is 0 Å². The number of carbonyl (C=O) groups is 1. The van der Waals surface area contributed by atoms with Gasteiger partial charge in [-0.05, 0) is 38.8 Å². The number of para-hydroxylation sites is 1. The molecule has 0 radical (unpaired) electrons. The molecule has 114 valence electrons. The Bertz CT molecular complexity index is 555. The zero-order valence-corrected chi connectivity index (χ0v) is 12.5. The number of ether oxygens (including phenoxy) is 2. The van der Waals surface area contributed by atoms with E-state index in [2.05, 4.69) is 18.7 Å². The number of carboxylic acid groups (broad SMARTS) is 1. The van der Waals surface area contributed by atoms with Crippen LogP contribution < -0.4 is 9.64 Å². The molecular formula is C16H21NO4. The molecule has 1 saturated heterocycles. The Hall–Kier alpha value is -1.75. The topological polar surface area (TPSA) is 59.0 Å². The van der Waals surface area contributed by atoms with Gasteiger partial charge in [-0.15, -0.1) is 0 Å². The molecule has 1 atom stereocenters. The van der Waals surface area contributed by atoms with Crippen LogP contribution in [-0.2, 0) is 4.74 Å². The summed E-state index contributed by atoms with van der Waals surface area (Å²) < 4.78 is 11.4. The average molecular weight is 291 g/mol. The number of rotatable bonds is 2. The Balaban J connectivity index is 1.94. The first-order valence-electron chi connectivity index (χ1n) is 7.38. The number of benzene rings is 1. The molecule has 2 heterocycles. The van der Waals surface area contributed by atoms with Crippen LogP contribution in [0.4, 0.5) is 5.69 Å². The normalized spacial score (nSPS) is 24.1. The Morgan fingerprint density at radius 2 is 2.19 bits per heavy atom. The molecule has 1 fully saturated rings. The van der Waals surface area contributed by atoms with Crippen LogP contribution in [0.15, 0.2) is 18.2 Å². The molecule has 2 aliphatic heterocycles. The highest BCUT2D eigenvalue weighted by atomic mass is 16.5. The second-order valence-electron chi connectivity index (χ2n) is 6.26. The van der Waals surface area contributed by atoms with Crippen molar-refractivity contribution in [1.82, 2.24) is 0 Å². The molecule has 0 spiro atoms. The highest BCUT2D eigenvalue weighted by Gasteiger charge is 2.35. The van der Waals surface area contributed by atoms with Crippen molar-refractivity contribution in [3.8, 4) is 5.75 Å². The molecule has 21 heavy (non-hydrogen) atoms. The third kappa shape index (κ3) is 2.70. The van der Waals surface area contributed by atoms with Crippen molar-refractivity contribution < 1.29 is 19.4 Å². The predicted octanol–water partition coefficient (Wildman–Crippen LogP) is 2.54. The summed E-state index contributed by atoms with van der Waals surface area (Å²) in [7, 11) is 0. The van der Waals surface area contributed by atoms with Gasteiger partial charge < -0.3 is 19.5 Å². The minimum Gasteiger partial charge on any atom is -0.489 e. The van der Waals surface area contributed by atoms with Crippen LogP contribution in [0.3, 0.4) is 0 Å². The lowest BCUT2D eigenvalue weighted by atomic mass is 9.92. The summed E-state index contributed by atoms with van der Waals surface area (Å²) in [5.74, 6) is -0.443. The minimum absolute atomic E-state index is 0.133. The SMILES string of the molecule is CC1(C)CC(N2CCOc3c(C(=O)O)cccc32)CCO1. The third-order valence-electron chi connectivity index (χ3n) is 4.22. The largest absolute Gasteiger partial charge is 0.489 e. The standard InChI is InChI=1S/C16H21NO4/c1-16(2)10-11(6-8-21-16)17-7-9-20-14-12(15(18)19)4-3-5-13(14)17/h3-5,11H,6-10H2,1-2H3,(H,18,19). The number of hydrogen-bond acceptors (Lipinski definition) is 4. The van der Waals surface area contributed by atoms with E-state index in [-0.39, 0.29) is 11.2 Å². The van der Waals surface area contributed by atoms with Crippen molar-refractivity contribution in [3.05, 3.63) is 23.8 Å². The molecule has 2 aliphatic rings. The molecule has 5 nitrogen and oxygen atoms in total. The van der Waals surface area contributed by atoms with Crippen LogP contribution >= 0.6 is 0 Å². The maximum absolute atomic E-state index is 11.3. The summed E-state index contributed by atoms with van der Waals surface area (Å²) in [5.41, 5.74) is 0.999. The Morgan fingerprint density at radius 3 is 2.90 bits per heavy atom. The summed E-state index contributed by atoms with van der Waals surface area (Å²) in [5, 5.41) is 9.30. The summed E-state index contributed by atoms with van der Waals surface area (Å²) in [4.78, 5) is 13.6. The molecule has 0 amide bonds. The fourth-order valence-corrected chi connectivity index (χ4v) is 3.28. The van der Waals surface area contributed by atoms with Crippen molar-refractivity contribution in [2.75, 3.05) is 24.7 Å². The average Bonchev–Trinajstić information content (AvgIpc) is 2.44. The van der Waals surface area contributed by atoms with Gasteiger partial charge in [0, 0.05) is 12.6 Å². The van der Waals surface area contributed by atoms with Crippen molar-refractivity contribution in [2.45, 2.75) is 38.3 Å². The summed E-state index contributed by atoms with van der Waals surface area (Å²) in [6.45, 7) is 6.26. The Kier molecular flexibility index (Phi) is 3.53. The van der Waals surface area contributed by atoms with Crippen LogP contribution in [0.25, 0.3) is 0 Å². The van der Waals surface area contributed by atoms with E-state index < -0.39 is 5.97 Å². The van der Waals surface area contributed by atoms with Crippen LogP contribution in [-0.4, -0.2) is 42.5 Å². The maximum Gasteiger partial charge on any atom is 0.339 e. The van der Waals surface area contributed by atoms with Gasteiger partial charge in [0.25, 0.3) is 0 Å². The zero-order chi connectivity index (χ0) is 15.0. The van der Waals surface area contributed by atoms with Crippen molar-refractivity contribution in [1.29, 1.82) is 0 Å². The van der Waals surface area contributed by atoms with E-state index >= 15 is 0 Å². The van der Waals surface area contributed by atoms with Gasteiger partial charge in [0.05, 0.1) is 17.8 Å². The summed E-state index contributed by atoms with van der Waals surface area (Å²) in [6.07, 6.45) is 1.89. The minimum atomic E-state index is -0.944. The van der Waals surface area contributed by atoms with Gasteiger partial charge in [0.2, 0.25) is 0 Å². The number of anilines is 1. The molecule has 0 bridgehead atoms. The van der Waals surface area contributed by atoms with Gasteiger partial charge in [0.15, 0.2) is 5.75 Å². The molecule has 5 heteroatoms. The molecule has 3 rings (SSSR count). The molecule has 1 aromatic carbocycles.